The van der Waals surface area contributed by atoms with Crippen LogP contribution in [0.15, 0.2) is 42.5 Å². The summed E-state index contributed by atoms with van der Waals surface area (Å²) in [6.45, 7) is 3.90. The van der Waals surface area contributed by atoms with Crippen LogP contribution in [0.4, 0.5) is 0 Å². The minimum absolute atomic E-state index is 0.0348. The maximum atomic E-state index is 9.43. The van der Waals surface area contributed by atoms with Gasteiger partial charge in [0.15, 0.2) is 6.29 Å². The molecule has 1 saturated heterocycles. The van der Waals surface area contributed by atoms with Gasteiger partial charge in [-0.05, 0) is 12.0 Å². The minimum Gasteiger partial charge on any atom is -0.368 e. The van der Waals surface area contributed by atoms with Gasteiger partial charge in [0.1, 0.15) is 0 Å². The molecule has 1 aliphatic rings. The Labute approximate surface area is 83.8 Å². The van der Waals surface area contributed by atoms with E-state index < -0.39 is 6.29 Å². The summed E-state index contributed by atoms with van der Waals surface area (Å²) in [4.78, 5) is 0. The zero-order chi connectivity index (χ0) is 9.97. The van der Waals surface area contributed by atoms with Crippen LogP contribution < -0.4 is 0 Å². The molecule has 2 heteroatoms. The van der Waals surface area contributed by atoms with Gasteiger partial charge in [0.05, 0.1) is 6.10 Å². The second-order valence-corrected chi connectivity index (χ2v) is 3.65. The Morgan fingerprint density at radius 3 is 2.57 bits per heavy atom. The average Bonchev–Trinajstić information content (AvgIpc) is 2.18. The molecule has 2 atom stereocenters. The highest BCUT2D eigenvalue weighted by Crippen LogP contribution is 2.32. The minimum atomic E-state index is -0.693. The topological polar surface area (TPSA) is 29.5 Å². The van der Waals surface area contributed by atoms with Crippen molar-refractivity contribution in [1.29, 1.82) is 0 Å². The van der Waals surface area contributed by atoms with Crippen molar-refractivity contribution in [1.82, 2.24) is 0 Å². The van der Waals surface area contributed by atoms with Crippen LogP contribution in [0.3, 0.4) is 0 Å². The largest absolute Gasteiger partial charge is 0.368 e. The van der Waals surface area contributed by atoms with Gasteiger partial charge in [-0.25, -0.2) is 0 Å². The molecule has 0 aliphatic carbocycles. The van der Waals surface area contributed by atoms with Gasteiger partial charge in [-0.15, -0.1) is 0 Å². The lowest BCUT2D eigenvalue weighted by Crippen LogP contribution is -2.22. The van der Waals surface area contributed by atoms with E-state index in [4.69, 9.17) is 4.74 Å². The third-order valence-corrected chi connectivity index (χ3v) is 2.43. The van der Waals surface area contributed by atoms with Crippen LogP contribution in [-0.2, 0) is 4.74 Å². The first kappa shape index (κ1) is 9.44. The summed E-state index contributed by atoms with van der Waals surface area (Å²) in [5.41, 5.74) is 2.16. The highest BCUT2D eigenvalue weighted by Gasteiger charge is 2.23. The van der Waals surface area contributed by atoms with E-state index in [1.54, 1.807) is 0 Å². The van der Waals surface area contributed by atoms with Crippen LogP contribution >= 0.6 is 0 Å². The summed E-state index contributed by atoms with van der Waals surface area (Å²) >= 11 is 0. The molecule has 2 rings (SSSR count). The predicted octanol–water partition coefficient (Wildman–Crippen LogP) is 2.41. The summed E-state index contributed by atoms with van der Waals surface area (Å²) in [6, 6.07) is 9.94. The van der Waals surface area contributed by atoms with Crippen molar-refractivity contribution in [3.8, 4) is 0 Å². The lowest BCUT2D eigenvalue weighted by atomic mass is 9.98. The molecule has 74 valence electrons. The SMILES string of the molecule is C=C1CC(O)OC(c2ccccc2)C1. The quantitative estimate of drug-likeness (QED) is 0.689. The molecule has 2 nitrogen and oxygen atoms in total. The highest BCUT2D eigenvalue weighted by atomic mass is 16.6. The van der Waals surface area contributed by atoms with Crippen molar-refractivity contribution in [3.05, 3.63) is 48.0 Å². The summed E-state index contributed by atoms with van der Waals surface area (Å²) in [6.07, 6.45) is 0.638. The molecule has 0 spiro atoms. The van der Waals surface area contributed by atoms with Gasteiger partial charge in [-0.3, -0.25) is 0 Å². The van der Waals surface area contributed by atoms with Gasteiger partial charge in [-0.1, -0.05) is 42.5 Å². The zero-order valence-corrected chi connectivity index (χ0v) is 8.02. The Balaban J connectivity index is 2.15. The van der Waals surface area contributed by atoms with E-state index >= 15 is 0 Å². The first-order valence-electron chi connectivity index (χ1n) is 4.81. The molecule has 1 aromatic carbocycles. The fraction of sp³-hybridized carbons (Fsp3) is 0.333. The Morgan fingerprint density at radius 1 is 1.21 bits per heavy atom. The molecule has 0 saturated carbocycles. The number of aliphatic hydroxyl groups excluding tert-OH is 1. The van der Waals surface area contributed by atoms with Crippen LogP contribution in [0.2, 0.25) is 0 Å². The molecule has 1 N–H and O–H groups in total. The Kier molecular flexibility index (Phi) is 2.66. The Bertz CT molecular complexity index is 318. The van der Waals surface area contributed by atoms with Crippen molar-refractivity contribution in [2.24, 2.45) is 0 Å². The van der Waals surface area contributed by atoms with E-state index in [2.05, 4.69) is 6.58 Å². The van der Waals surface area contributed by atoms with Crippen molar-refractivity contribution >= 4 is 0 Å². The number of hydrogen-bond donors (Lipinski definition) is 1. The summed E-state index contributed by atoms with van der Waals surface area (Å²) in [7, 11) is 0. The Hall–Kier alpha value is -1.12. The van der Waals surface area contributed by atoms with E-state index in [0.29, 0.717) is 6.42 Å². The van der Waals surface area contributed by atoms with E-state index in [1.165, 1.54) is 0 Å². The number of benzene rings is 1. The van der Waals surface area contributed by atoms with Gasteiger partial charge in [-0.2, -0.15) is 0 Å². The van der Waals surface area contributed by atoms with Crippen LogP contribution in [0, 0.1) is 0 Å². The molecule has 1 fully saturated rings. The third kappa shape index (κ3) is 2.03. The van der Waals surface area contributed by atoms with Gasteiger partial charge >= 0.3 is 0 Å². The summed E-state index contributed by atoms with van der Waals surface area (Å²) in [5.74, 6) is 0. The standard InChI is InChI=1S/C12H14O2/c1-9-7-11(14-12(13)8-9)10-5-3-2-4-6-10/h2-6,11-13H,1,7-8H2. The molecule has 0 amide bonds. The summed E-state index contributed by atoms with van der Waals surface area (Å²) < 4.78 is 5.44. The van der Waals surface area contributed by atoms with E-state index in [-0.39, 0.29) is 6.10 Å². The molecule has 1 aliphatic heterocycles. The van der Waals surface area contributed by atoms with Gasteiger partial charge < -0.3 is 9.84 Å². The fourth-order valence-electron chi connectivity index (χ4n) is 1.74. The van der Waals surface area contributed by atoms with E-state index in [0.717, 1.165) is 17.6 Å². The van der Waals surface area contributed by atoms with Crippen molar-refractivity contribution < 1.29 is 9.84 Å². The summed E-state index contributed by atoms with van der Waals surface area (Å²) in [5, 5.41) is 9.43. The lowest BCUT2D eigenvalue weighted by Gasteiger charge is -2.28. The van der Waals surface area contributed by atoms with Crippen LogP contribution in [0.5, 0.6) is 0 Å². The molecule has 2 unspecified atom stereocenters. The lowest BCUT2D eigenvalue weighted by molar-refractivity contribution is -0.150. The first-order valence-corrected chi connectivity index (χ1v) is 4.81. The molecule has 0 aromatic heterocycles. The number of ether oxygens (including phenoxy) is 1. The smallest absolute Gasteiger partial charge is 0.159 e. The van der Waals surface area contributed by atoms with E-state index in [9.17, 15) is 5.11 Å². The monoisotopic (exact) mass is 190 g/mol. The molecule has 1 aromatic rings. The van der Waals surface area contributed by atoms with Crippen LogP contribution in [0.1, 0.15) is 24.5 Å². The van der Waals surface area contributed by atoms with Crippen molar-refractivity contribution in [2.45, 2.75) is 25.2 Å². The van der Waals surface area contributed by atoms with Crippen molar-refractivity contribution in [2.75, 3.05) is 0 Å². The molecule has 14 heavy (non-hydrogen) atoms. The molecular formula is C12H14O2. The van der Waals surface area contributed by atoms with Crippen molar-refractivity contribution in [3.63, 3.8) is 0 Å². The fourth-order valence-corrected chi connectivity index (χ4v) is 1.74. The second kappa shape index (κ2) is 3.95. The molecular weight excluding hydrogens is 176 g/mol. The van der Waals surface area contributed by atoms with Crippen LogP contribution in [0.25, 0.3) is 0 Å². The maximum Gasteiger partial charge on any atom is 0.159 e. The number of rotatable bonds is 1. The second-order valence-electron chi connectivity index (χ2n) is 3.65. The predicted molar refractivity (Wildman–Crippen MR) is 54.6 cm³/mol. The molecule has 0 bridgehead atoms. The average molecular weight is 190 g/mol. The third-order valence-electron chi connectivity index (χ3n) is 2.43. The Morgan fingerprint density at radius 2 is 1.93 bits per heavy atom. The first-order chi connectivity index (χ1) is 6.75. The van der Waals surface area contributed by atoms with Crippen LogP contribution in [-0.4, -0.2) is 11.4 Å². The number of aliphatic hydroxyl groups is 1. The van der Waals surface area contributed by atoms with E-state index in [1.807, 2.05) is 30.3 Å². The normalized spacial score (nSPS) is 27.6. The van der Waals surface area contributed by atoms with Gasteiger partial charge in [0.25, 0.3) is 0 Å². The highest BCUT2D eigenvalue weighted by molar-refractivity contribution is 5.20. The van der Waals surface area contributed by atoms with Gasteiger partial charge in [0.2, 0.25) is 0 Å². The maximum absolute atomic E-state index is 9.43. The number of hydrogen-bond acceptors (Lipinski definition) is 2. The van der Waals surface area contributed by atoms with Gasteiger partial charge in [0, 0.05) is 6.42 Å². The zero-order valence-electron chi connectivity index (χ0n) is 8.02. The molecule has 1 heterocycles. The molecule has 0 radical (unpaired) electrons.